The van der Waals surface area contributed by atoms with Crippen LogP contribution in [0, 0.1) is 6.92 Å². The number of hydrogen-bond donors (Lipinski definition) is 2. The lowest BCUT2D eigenvalue weighted by Gasteiger charge is -2.11. The quantitative estimate of drug-likeness (QED) is 0.626. The molecule has 0 unspecified atom stereocenters. The molecule has 0 aromatic heterocycles. The highest BCUT2D eigenvalue weighted by Gasteiger charge is 2.07. The van der Waals surface area contributed by atoms with Gasteiger partial charge in [0.25, 0.3) is 0 Å². The van der Waals surface area contributed by atoms with Crippen LogP contribution in [0.2, 0.25) is 0 Å². The van der Waals surface area contributed by atoms with Crippen molar-refractivity contribution >= 4 is 17.3 Å². The third kappa shape index (κ3) is 4.63. The summed E-state index contributed by atoms with van der Waals surface area (Å²) < 4.78 is 5.12. The van der Waals surface area contributed by atoms with Crippen LogP contribution >= 0.6 is 0 Å². The number of anilines is 2. The highest BCUT2D eigenvalue weighted by molar-refractivity contribution is 6.00. The first-order chi connectivity index (χ1) is 8.93. The average molecular weight is 263 g/mol. The molecule has 0 aliphatic heterocycles. The first-order valence-electron chi connectivity index (χ1n) is 6.00. The van der Waals surface area contributed by atoms with Gasteiger partial charge >= 0.3 is 0 Å². The number of methoxy groups -OCH3 is 1. The van der Waals surface area contributed by atoms with E-state index in [0.29, 0.717) is 17.1 Å². The number of nitrogen functional groups attached to an aromatic ring is 1. The molecule has 0 saturated heterocycles. The van der Waals surface area contributed by atoms with Crippen molar-refractivity contribution in [2.75, 3.05) is 38.8 Å². The van der Waals surface area contributed by atoms with Crippen LogP contribution in [-0.2, 0) is 4.79 Å². The predicted molar refractivity (Wildman–Crippen MR) is 78.5 cm³/mol. The smallest absolute Gasteiger partial charge is 0.248 e. The second-order valence-electron chi connectivity index (χ2n) is 4.56. The number of hydrogen-bond acceptors (Lipinski definition) is 4. The van der Waals surface area contributed by atoms with Gasteiger partial charge in [0.2, 0.25) is 5.91 Å². The molecular formula is C14H21N3O2. The molecule has 1 amide bonds. The average Bonchev–Trinajstić information content (AvgIpc) is 2.32. The predicted octanol–water partition coefficient (Wildman–Crippen LogP) is 1.64. The van der Waals surface area contributed by atoms with Crippen molar-refractivity contribution in [3.05, 3.63) is 29.8 Å². The fraction of sp³-hybridized carbons (Fsp3) is 0.357. The van der Waals surface area contributed by atoms with E-state index in [9.17, 15) is 4.79 Å². The Morgan fingerprint density at radius 2 is 2.16 bits per heavy atom. The van der Waals surface area contributed by atoms with Crippen LogP contribution < -0.4 is 15.8 Å². The highest BCUT2D eigenvalue weighted by Crippen LogP contribution is 2.28. The van der Waals surface area contributed by atoms with Gasteiger partial charge in [0.05, 0.1) is 12.8 Å². The molecule has 0 spiro atoms. The van der Waals surface area contributed by atoms with Crippen LogP contribution in [-0.4, -0.2) is 38.6 Å². The van der Waals surface area contributed by atoms with Gasteiger partial charge in [-0.2, -0.15) is 0 Å². The van der Waals surface area contributed by atoms with E-state index in [1.807, 2.05) is 25.9 Å². The van der Waals surface area contributed by atoms with Crippen molar-refractivity contribution in [3.63, 3.8) is 0 Å². The van der Waals surface area contributed by atoms with E-state index < -0.39 is 0 Å². The molecule has 1 aromatic carbocycles. The van der Waals surface area contributed by atoms with E-state index in [4.69, 9.17) is 10.5 Å². The minimum absolute atomic E-state index is 0.172. The van der Waals surface area contributed by atoms with Crippen molar-refractivity contribution in [2.45, 2.75) is 6.92 Å². The maximum Gasteiger partial charge on any atom is 0.248 e. The molecule has 0 bridgehead atoms. The number of nitrogens with one attached hydrogen (secondary N) is 1. The van der Waals surface area contributed by atoms with Crippen molar-refractivity contribution in [3.8, 4) is 5.75 Å². The molecule has 0 radical (unpaired) electrons. The number of carbonyl (C=O) groups excluding carboxylic acids is 1. The highest BCUT2D eigenvalue weighted by atomic mass is 16.5. The Labute approximate surface area is 114 Å². The summed E-state index contributed by atoms with van der Waals surface area (Å²) in [6.45, 7) is 2.61. The summed E-state index contributed by atoms with van der Waals surface area (Å²) in [7, 11) is 5.44. The second kappa shape index (κ2) is 6.80. The molecule has 3 N–H and O–H groups in total. The summed E-state index contributed by atoms with van der Waals surface area (Å²) in [5.74, 6) is 0.438. The maximum atomic E-state index is 11.7. The van der Waals surface area contributed by atoms with Gasteiger partial charge in [-0.3, -0.25) is 4.79 Å². The molecule has 0 atom stereocenters. The Morgan fingerprint density at radius 1 is 1.47 bits per heavy atom. The summed E-state index contributed by atoms with van der Waals surface area (Å²) in [6.07, 6.45) is 3.32. The van der Waals surface area contributed by atoms with E-state index in [1.165, 1.54) is 6.08 Å². The zero-order valence-corrected chi connectivity index (χ0v) is 11.9. The molecule has 104 valence electrons. The Hall–Kier alpha value is -2.01. The van der Waals surface area contributed by atoms with Gasteiger partial charge in [-0.25, -0.2) is 0 Å². The normalized spacial score (nSPS) is 11.0. The number of nitrogens with two attached hydrogens (primary N) is 1. The first kappa shape index (κ1) is 15.0. The fourth-order valence-corrected chi connectivity index (χ4v) is 1.55. The molecule has 1 rings (SSSR count). The van der Waals surface area contributed by atoms with E-state index in [-0.39, 0.29) is 5.91 Å². The number of amides is 1. The van der Waals surface area contributed by atoms with E-state index >= 15 is 0 Å². The molecule has 5 nitrogen and oxygen atoms in total. The summed E-state index contributed by atoms with van der Waals surface area (Å²) >= 11 is 0. The Morgan fingerprint density at radius 3 is 2.74 bits per heavy atom. The monoisotopic (exact) mass is 263 g/mol. The fourth-order valence-electron chi connectivity index (χ4n) is 1.55. The van der Waals surface area contributed by atoms with Crippen molar-refractivity contribution < 1.29 is 9.53 Å². The number of carbonyl (C=O) groups is 1. The molecule has 1 aromatic rings. The molecule has 0 saturated carbocycles. The van der Waals surface area contributed by atoms with Gasteiger partial charge in [0.1, 0.15) is 5.75 Å². The van der Waals surface area contributed by atoms with Crippen LogP contribution in [0.1, 0.15) is 5.56 Å². The molecule has 19 heavy (non-hydrogen) atoms. The van der Waals surface area contributed by atoms with Gasteiger partial charge < -0.3 is 20.7 Å². The minimum atomic E-state index is -0.172. The van der Waals surface area contributed by atoms with Gasteiger partial charge in [-0.1, -0.05) is 6.08 Å². The Balaban J connectivity index is 2.74. The summed E-state index contributed by atoms with van der Waals surface area (Å²) in [5, 5.41) is 2.80. The van der Waals surface area contributed by atoms with Crippen molar-refractivity contribution in [1.82, 2.24) is 4.90 Å². The third-order valence-corrected chi connectivity index (χ3v) is 2.57. The standard InChI is InChI=1S/C14H21N3O2/c1-10-8-13(19-4)11(15)9-12(10)16-14(18)6-5-7-17(2)3/h5-6,8-9H,7,15H2,1-4H3,(H,16,18)/b6-5+. The maximum absolute atomic E-state index is 11.7. The number of ether oxygens (including phenoxy) is 1. The van der Waals surface area contributed by atoms with Crippen molar-refractivity contribution in [1.29, 1.82) is 0 Å². The Kier molecular flexibility index (Phi) is 5.38. The number of aryl methyl sites for hydroxylation is 1. The lowest BCUT2D eigenvalue weighted by molar-refractivity contribution is -0.111. The van der Waals surface area contributed by atoms with E-state index in [0.717, 1.165) is 12.1 Å². The lowest BCUT2D eigenvalue weighted by atomic mass is 10.1. The van der Waals surface area contributed by atoms with Crippen LogP contribution in [0.3, 0.4) is 0 Å². The number of benzene rings is 1. The van der Waals surface area contributed by atoms with E-state index in [1.54, 1.807) is 25.3 Å². The molecule has 0 fully saturated rings. The number of likely N-dealkylation sites (N-methyl/N-ethyl adjacent to an activating group) is 1. The SMILES string of the molecule is COc1cc(C)c(NC(=O)/C=C/CN(C)C)cc1N. The van der Waals surface area contributed by atoms with E-state index in [2.05, 4.69) is 5.32 Å². The summed E-state index contributed by atoms with van der Waals surface area (Å²) in [5.41, 5.74) is 7.91. The number of rotatable bonds is 5. The van der Waals surface area contributed by atoms with Crippen LogP contribution in [0.15, 0.2) is 24.3 Å². The summed E-state index contributed by atoms with van der Waals surface area (Å²) in [4.78, 5) is 13.7. The minimum Gasteiger partial charge on any atom is -0.495 e. The van der Waals surface area contributed by atoms with Crippen LogP contribution in [0.5, 0.6) is 5.75 Å². The van der Waals surface area contributed by atoms with Gasteiger partial charge in [0, 0.05) is 18.3 Å². The lowest BCUT2D eigenvalue weighted by Crippen LogP contribution is -2.13. The van der Waals surface area contributed by atoms with Gasteiger partial charge in [0.15, 0.2) is 0 Å². The first-order valence-corrected chi connectivity index (χ1v) is 6.00. The molecular weight excluding hydrogens is 242 g/mol. The largest absolute Gasteiger partial charge is 0.495 e. The summed E-state index contributed by atoms with van der Waals surface area (Å²) in [6, 6.07) is 3.50. The van der Waals surface area contributed by atoms with Crippen molar-refractivity contribution in [2.24, 2.45) is 0 Å². The number of nitrogens with zero attached hydrogens (tertiary/aromatic N) is 1. The van der Waals surface area contributed by atoms with Gasteiger partial charge in [-0.05, 0) is 38.7 Å². The van der Waals surface area contributed by atoms with Gasteiger partial charge in [-0.15, -0.1) is 0 Å². The zero-order chi connectivity index (χ0) is 14.4. The molecule has 0 aliphatic rings. The molecule has 0 heterocycles. The Bertz CT molecular complexity index is 482. The van der Waals surface area contributed by atoms with Crippen LogP contribution in [0.25, 0.3) is 0 Å². The topological polar surface area (TPSA) is 67.6 Å². The molecule has 5 heteroatoms. The van der Waals surface area contributed by atoms with Crippen LogP contribution in [0.4, 0.5) is 11.4 Å². The second-order valence-corrected chi connectivity index (χ2v) is 4.56. The zero-order valence-electron chi connectivity index (χ0n) is 11.9. The molecule has 0 aliphatic carbocycles. The third-order valence-electron chi connectivity index (χ3n) is 2.57.